The highest BCUT2D eigenvalue weighted by Gasteiger charge is 2.54. The maximum Gasteiger partial charge on any atom is 0.410 e. The van der Waals surface area contributed by atoms with E-state index < -0.39 is 5.60 Å². The minimum atomic E-state index is -0.438. The van der Waals surface area contributed by atoms with Gasteiger partial charge in [-0.2, -0.15) is 0 Å². The molecule has 112 valence electrons. The van der Waals surface area contributed by atoms with Crippen LogP contribution in [0.15, 0.2) is 0 Å². The van der Waals surface area contributed by atoms with Crippen molar-refractivity contribution in [2.45, 2.75) is 83.4 Å². The number of ketones is 1. The molecule has 4 heteroatoms. The average molecular weight is 279 g/mol. The third-order valence-electron chi connectivity index (χ3n) is 4.95. The largest absolute Gasteiger partial charge is 0.444 e. The first kappa shape index (κ1) is 13.9. The second-order valence-electron chi connectivity index (χ2n) is 7.93. The standard InChI is InChI=1S/C16H25NO3/c1-15(2,3)20-14(19)17-11-5-4-6-12(17)8-16(7-11)9-13(18)10-16/h11-12H,4-10H2,1-3H3. The van der Waals surface area contributed by atoms with Crippen molar-refractivity contribution in [1.82, 2.24) is 4.90 Å². The SMILES string of the molecule is CC(C)(C)OC(=O)N1C2CCCC1CC1(CC(=O)C1)C2. The molecule has 0 aromatic rings. The topological polar surface area (TPSA) is 46.6 Å². The van der Waals surface area contributed by atoms with Crippen molar-refractivity contribution in [3.05, 3.63) is 0 Å². The number of rotatable bonds is 0. The van der Waals surface area contributed by atoms with Gasteiger partial charge in [-0.3, -0.25) is 4.79 Å². The van der Waals surface area contributed by atoms with Crippen LogP contribution in [-0.2, 0) is 9.53 Å². The van der Waals surface area contributed by atoms with Crippen molar-refractivity contribution >= 4 is 11.9 Å². The quantitative estimate of drug-likeness (QED) is 0.683. The number of amides is 1. The van der Waals surface area contributed by atoms with Gasteiger partial charge in [-0.1, -0.05) is 0 Å². The maximum absolute atomic E-state index is 12.4. The van der Waals surface area contributed by atoms with Gasteiger partial charge in [-0.25, -0.2) is 4.79 Å². The Morgan fingerprint density at radius 2 is 1.75 bits per heavy atom. The Hall–Kier alpha value is -1.06. The Bertz CT molecular complexity index is 413. The lowest BCUT2D eigenvalue weighted by Gasteiger charge is -2.56. The summed E-state index contributed by atoms with van der Waals surface area (Å²) in [4.78, 5) is 25.8. The molecule has 2 atom stereocenters. The lowest BCUT2D eigenvalue weighted by atomic mass is 9.57. The van der Waals surface area contributed by atoms with Crippen LogP contribution in [0, 0.1) is 5.41 Å². The summed E-state index contributed by atoms with van der Waals surface area (Å²) in [7, 11) is 0. The van der Waals surface area contributed by atoms with Crippen LogP contribution in [0.1, 0.15) is 65.7 Å². The van der Waals surface area contributed by atoms with E-state index in [1.807, 2.05) is 25.7 Å². The Morgan fingerprint density at radius 1 is 1.20 bits per heavy atom. The fourth-order valence-electron chi connectivity index (χ4n) is 4.34. The molecule has 20 heavy (non-hydrogen) atoms. The molecule has 0 radical (unpaired) electrons. The number of nitrogens with zero attached hydrogens (tertiary/aromatic N) is 1. The molecule has 2 unspecified atom stereocenters. The molecule has 0 N–H and O–H groups in total. The number of ether oxygens (including phenoxy) is 1. The summed E-state index contributed by atoms with van der Waals surface area (Å²) in [6, 6.07) is 0.566. The zero-order chi connectivity index (χ0) is 14.5. The number of hydrogen-bond donors (Lipinski definition) is 0. The fourth-order valence-corrected chi connectivity index (χ4v) is 4.34. The fraction of sp³-hybridized carbons (Fsp3) is 0.875. The highest BCUT2D eigenvalue weighted by Crippen LogP contribution is 2.53. The molecular formula is C16H25NO3. The van der Waals surface area contributed by atoms with Gasteiger partial charge in [-0.05, 0) is 58.3 Å². The van der Waals surface area contributed by atoms with Crippen molar-refractivity contribution < 1.29 is 14.3 Å². The molecule has 3 rings (SSSR count). The van der Waals surface area contributed by atoms with E-state index >= 15 is 0 Å². The smallest absolute Gasteiger partial charge is 0.410 e. The van der Waals surface area contributed by atoms with Crippen molar-refractivity contribution in [2.24, 2.45) is 5.41 Å². The number of Topliss-reactive ketones (excluding diaryl/α,β-unsaturated/α-hetero) is 1. The highest BCUT2D eigenvalue weighted by molar-refractivity contribution is 5.86. The predicted octanol–water partition coefficient (Wildman–Crippen LogP) is 3.29. The van der Waals surface area contributed by atoms with Crippen LogP contribution in [-0.4, -0.2) is 34.5 Å². The van der Waals surface area contributed by atoms with Crippen LogP contribution in [0.25, 0.3) is 0 Å². The Labute approximate surface area is 120 Å². The summed E-state index contributed by atoms with van der Waals surface area (Å²) in [6.07, 6.45) is 6.62. The molecule has 2 saturated heterocycles. The molecular weight excluding hydrogens is 254 g/mol. The average Bonchev–Trinajstić information content (AvgIpc) is 2.23. The third-order valence-corrected chi connectivity index (χ3v) is 4.95. The Morgan fingerprint density at radius 3 is 2.20 bits per heavy atom. The van der Waals surface area contributed by atoms with E-state index in [9.17, 15) is 9.59 Å². The zero-order valence-corrected chi connectivity index (χ0v) is 12.8. The van der Waals surface area contributed by atoms with Crippen LogP contribution < -0.4 is 0 Å². The normalized spacial score (nSPS) is 31.9. The minimum absolute atomic E-state index is 0.160. The van der Waals surface area contributed by atoms with Crippen molar-refractivity contribution in [2.75, 3.05) is 0 Å². The van der Waals surface area contributed by atoms with E-state index in [1.54, 1.807) is 0 Å². The summed E-state index contributed by atoms with van der Waals surface area (Å²) in [6.45, 7) is 5.74. The van der Waals surface area contributed by atoms with E-state index in [0.29, 0.717) is 5.78 Å². The number of hydrogen-bond acceptors (Lipinski definition) is 3. The Kier molecular flexibility index (Phi) is 3.11. The molecule has 2 bridgehead atoms. The molecule has 3 fully saturated rings. The van der Waals surface area contributed by atoms with Gasteiger partial charge in [-0.15, -0.1) is 0 Å². The second kappa shape index (κ2) is 4.47. The minimum Gasteiger partial charge on any atom is -0.444 e. The van der Waals surface area contributed by atoms with Gasteiger partial charge >= 0.3 is 6.09 Å². The summed E-state index contributed by atoms with van der Waals surface area (Å²) >= 11 is 0. The van der Waals surface area contributed by atoms with E-state index in [-0.39, 0.29) is 23.6 Å². The van der Waals surface area contributed by atoms with Crippen molar-refractivity contribution in [1.29, 1.82) is 0 Å². The van der Waals surface area contributed by atoms with Crippen molar-refractivity contribution in [3.8, 4) is 0 Å². The first-order chi connectivity index (χ1) is 9.28. The zero-order valence-electron chi connectivity index (χ0n) is 12.8. The molecule has 2 heterocycles. The molecule has 0 aromatic carbocycles. The summed E-state index contributed by atoms with van der Waals surface area (Å²) in [5.41, 5.74) is -0.224. The van der Waals surface area contributed by atoms with Crippen LogP contribution in [0.5, 0.6) is 0 Å². The summed E-state index contributed by atoms with van der Waals surface area (Å²) < 4.78 is 5.57. The van der Waals surface area contributed by atoms with Crippen LogP contribution >= 0.6 is 0 Å². The molecule has 1 aliphatic carbocycles. The van der Waals surface area contributed by atoms with Gasteiger partial charge in [0.25, 0.3) is 0 Å². The molecule has 1 spiro atoms. The number of piperidine rings is 2. The maximum atomic E-state index is 12.4. The van der Waals surface area contributed by atoms with Crippen LogP contribution in [0.2, 0.25) is 0 Å². The van der Waals surface area contributed by atoms with Gasteiger partial charge < -0.3 is 9.64 Å². The Balaban J connectivity index is 1.74. The van der Waals surface area contributed by atoms with Gasteiger partial charge in [0.15, 0.2) is 0 Å². The summed E-state index contributed by atoms with van der Waals surface area (Å²) in [5, 5.41) is 0. The van der Waals surface area contributed by atoms with Crippen LogP contribution in [0.4, 0.5) is 4.79 Å². The van der Waals surface area contributed by atoms with E-state index in [2.05, 4.69) is 0 Å². The highest BCUT2D eigenvalue weighted by atomic mass is 16.6. The van der Waals surface area contributed by atoms with Gasteiger partial charge in [0.2, 0.25) is 0 Å². The monoisotopic (exact) mass is 279 g/mol. The number of carbonyl (C=O) groups excluding carboxylic acids is 2. The van der Waals surface area contributed by atoms with Gasteiger partial charge in [0, 0.05) is 24.9 Å². The lowest BCUT2D eigenvalue weighted by molar-refractivity contribution is -0.141. The van der Waals surface area contributed by atoms with E-state index in [4.69, 9.17) is 4.74 Å². The molecule has 1 saturated carbocycles. The summed E-state index contributed by atoms with van der Waals surface area (Å²) in [5.74, 6) is 0.397. The van der Waals surface area contributed by atoms with Crippen molar-refractivity contribution in [3.63, 3.8) is 0 Å². The molecule has 2 aliphatic heterocycles. The second-order valence-corrected chi connectivity index (χ2v) is 7.93. The van der Waals surface area contributed by atoms with Gasteiger partial charge in [0.05, 0.1) is 0 Å². The third kappa shape index (κ3) is 2.45. The van der Waals surface area contributed by atoms with E-state index in [1.165, 1.54) is 6.42 Å². The van der Waals surface area contributed by atoms with Gasteiger partial charge in [0.1, 0.15) is 11.4 Å². The number of carbonyl (C=O) groups is 2. The first-order valence-corrected chi connectivity index (χ1v) is 7.81. The predicted molar refractivity (Wildman–Crippen MR) is 75.4 cm³/mol. The van der Waals surface area contributed by atoms with E-state index in [0.717, 1.165) is 38.5 Å². The molecule has 0 aromatic heterocycles. The molecule has 1 amide bonds. The first-order valence-electron chi connectivity index (χ1n) is 7.81. The number of fused-ring (bicyclic) bond motifs is 2. The lowest BCUT2D eigenvalue weighted by Crippen LogP contribution is -2.60. The molecule has 3 aliphatic rings. The van der Waals surface area contributed by atoms with Crippen LogP contribution in [0.3, 0.4) is 0 Å². The molecule has 4 nitrogen and oxygen atoms in total.